The van der Waals surface area contributed by atoms with Crippen molar-refractivity contribution in [1.29, 1.82) is 0 Å². The summed E-state index contributed by atoms with van der Waals surface area (Å²) in [6.07, 6.45) is 0. The minimum Gasteiger partial charge on any atom is -0.306 e. The van der Waals surface area contributed by atoms with Gasteiger partial charge in [0.1, 0.15) is 6.54 Å². The zero-order valence-electron chi connectivity index (χ0n) is 12.9. The number of thioether (sulfide) groups is 1. The van der Waals surface area contributed by atoms with E-state index in [9.17, 15) is 4.79 Å². The molecule has 0 unspecified atom stereocenters. The SMILES string of the molecule is CC(C)c1nnnn1CC(=O)N1c2ccccc2SC[C@H]1C. The van der Waals surface area contributed by atoms with E-state index in [2.05, 4.69) is 28.5 Å². The van der Waals surface area contributed by atoms with Crippen LogP contribution in [0.1, 0.15) is 32.5 Å². The van der Waals surface area contributed by atoms with Crippen LogP contribution in [0, 0.1) is 0 Å². The maximum absolute atomic E-state index is 12.8. The number of rotatable bonds is 3. The Morgan fingerprint density at radius 1 is 1.41 bits per heavy atom. The number of carbonyl (C=O) groups excluding carboxylic acids is 1. The first-order valence-corrected chi connectivity index (χ1v) is 8.36. The summed E-state index contributed by atoms with van der Waals surface area (Å²) in [5, 5.41) is 11.7. The Labute approximate surface area is 133 Å². The molecular weight excluding hydrogens is 298 g/mol. The maximum atomic E-state index is 12.8. The number of anilines is 1. The van der Waals surface area contributed by atoms with E-state index < -0.39 is 0 Å². The third-order valence-corrected chi connectivity index (χ3v) is 4.98. The zero-order chi connectivity index (χ0) is 15.7. The number of aromatic nitrogens is 4. The molecule has 0 radical (unpaired) electrons. The molecule has 7 heteroatoms. The molecule has 1 atom stereocenters. The molecule has 0 spiro atoms. The van der Waals surface area contributed by atoms with E-state index >= 15 is 0 Å². The Hall–Kier alpha value is -1.89. The van der Waals surface area contributed by atoms with E-state index in [1.807, 2.05) is 36.9 Å². The van der Waals surface area contributed by atoms with E-state index in [0.29, 0.717) is 0 Å². The molecule has 0 bridgehead atoms. The quantitative estimate of drug-likeness (QED) is 0.869. The van der Waals surface area contributed by atoms with E-state index in [1.165, 1.54) is 0 Å². The number of hydrogen-bond acceptors (Lipinski definition) is 5. The molecule has 116 valence electrons. The maximum Gasteiger partial charge on any atom is 0.249 e. The fourth-order valence-corrected chi connectivity index (χ4v) is 3.68. The number of hydrogen-bond donors (Lipinski definition) is 0. The summed E-state index contributed by atoms with van der Waals surface area (Å²) in [5.74, 6) is 1.84. The zero-order valence-corrected chi connectivity index (χ0v) is 13.7. The fraction of sp³-hybridized carbons (Fsp3) is 0.467. The second-order valence-electron chi connectivity index (χ2n) is 5.74. The molecule has 6 nitrogen and oxygen atoms in total. The van der Waals surface area contributed by atoms with E-state index in [4.69, 9.17) is 0 Å². The highest BCUT2D eigenvalue weighted by molar-refractivity contribution is 7.99. The highest BCUT2D eigenvalue weighted by Crippen LogP contribution is 2.37. The van der Waals surface area contributed by atoms with Gasteiger partial charge in [0.25, 0.3) is 0 Å². The van der Waals surface area contributed by atoms with E-state index in [0.717, 1.165) is 22.2 Å². The van der Waals surface area contributed by atoms with Crippen molar-refractivity contribution in [1.82, 2.24) is 20.2 Å². The molecule has 1 aliphatic rings. The van der Waals surface area contributed by atoms with Crippen molar-refractivity contribution >= 4 is 23.4 Å². The Morgan fingerprint density at radius 3 is 2.95 bits per heavy atom. The van der Waals surface area contributed by atoms with Crippen molar-refractivity contribution in [3.05, 3.63) is 30.1 Å². The van der Waals surface area contributed by atoms with Crippen LogP contribution in [0.3, 0.4) is 0 Å². The monoisotopic (exact) mass is 317 g/mol. The third kappa shape index (κ3) is 2.72. The average molecular weight is 317 g/mol. The number of para-hydroxylation sites is 1. The number of carbonyl (C=O) groups is 1. The van der Waals surface area contributed by atoms with E-state index in [-0.39, 0.29) is 24.4 Å². The summed E-state index contributed by atoms with van der Waals surface area (Å²) in [4.78, 5) is 15.8. The predicted octanol–water partition coefficient (Wildman–Crippen LogP) is 2.32. The Balaban J connectivity index is 1.87. The van der Waals surface area contributed by atoms with Crippen molar-refractivity contribution in [2.45, 2.75) is 44.2 Å². The van der Waals surface area contributed by atoms with Gasteiger partial charge in [0.15, 0.2) is 5.82 Å². The molecule has 0 fully saturated rings. The number of amides is 1. The van der Waals surface area contributed by atoms with Gasteiger partial charge in [-0.2, -0.15) is 0 Å². The summed E-state index contributed by atoms with van der Waals surface area (Å²) in [6.45, 7) is 6.28. The van der Waals surface area contributed by atoms with Gasteiger partial charge < -0.3 is 4.90 Å². The van der Waals surface area contributed by atoms with Crippen LogP contribution < -0.4 is 4.90 Å². The van der Waals surface area contributed by atoms with Crippen LogP contribution in [0.25, 0.3) is 0 Å². The van der Waals surface area contributed by atoms with Crippen LogP contribution in [0.4, 0.5) is 5.69 Å². The van der Waals surface area contributed by atoms with Gasteiger partial charge in [-0.1, -0.05) is 26.0 Å². The molecule has 0 aliphatic carbocycles. The van der Waals surface area contributed by atoms with Gasteiger partial charge in [0, 0.05) is 22.6 Å². The smallest absolute Gasteiger partial charge is 0.249 e. The second-order valence-corrected chi connectivity index (χ2v) is 6.80. The van der Waals surface area contributed by atoms with Gasteiger partial charge in [0.05, 0.1) is 5.69 Å². The van der Waals surface area contributed by atoms with Gasteiger partial charge in [-0.05, 0) is 29.5 Å². The molecule has 22 heavy (non-hydrogen) atoms. The molecule has 2 heterocycles. The Morgan fingerprint density at radius 2 is 2.18 bits per heavy atom. The first-order chi connectivity index (χ1) is 10.6. The molecule has 2 aromatic rings. The molecule has 1 amide bonds. The molecule has 1 aliphatic heterocycles. The number of tetrazole rings is 1. The minimum atomic E-state index is 0.0226. The third-order valence-electron chi connectivity index (χ3n) is 3.68. The topological polar surface area (TPSA) is 63.9 Å². The number of nitrogens with zero attached hydrogens (tertiary/aromatic N) is 5. The van der Waals surface area contributed by atoms with Crippen molar-refractivity contribution in [3.63, 3.8) is 0 Å². The molecule has 1 aromatic carbocycles. The van der Waals surface area contributed by atoms with Crippen LogP contribution in [0.5, 0.6) is 0 Å². The second kappa shape index (κ2) is 6.08. The first kappa shape index (κ1) is 15.0. The molecule has 0 saturated heterocycles. The average Bonchev–Trinajstić information content (AvgIpc) is 2.95. The standard InChI is InChI=1S/C15H19N5OS/c1-10(2)15-16-17-18-19(15)8-14(21)20-11(3)9-22-13-7-5-4-6-12(13)20/h4-7,10-11H,8-9H2,1-3H3/t11-/m1/s1. The van der Waals surface area contributed by atoms with Gasteiger partial charge in [0.2, 0.25) is 5.91 Å². The first-order valence-electron chi connectivity index (χ1n) is 7.38. The van der Waals surface area contributed by atoms with Crippen LogP contribution in [-0.4, -0.2) is 37.9 Å². The lowest BCUT2D eigenvalue weighted by Gasteiger charge is -2.34. The highest BCUT2D eigenvalue weighted by Gasteiger charge is 2.29. The summed E-state index contributed by atoms with van der Waals surface area (Å²) in [6, 6.07) is 8.19. The Bertz CT molecular complexity index is 684. The lowest BCUT2D eigenvalue weighted by atomic mass is 10.2. The summed E-state index contributed by atoms with van der Waals surface area (Å²) in [7, 11) is 0. The van der Waals surface area contributed by atoms with Crippen molar-refractivity contribution in [3.8, 4) is 0 Å². The number of fused-ring (bicyclic) bond motifs is 1. The minimum absolute atomic E-state index is 0.0226. The van der Waals surface area contributed by atoms with Gasteiger partial charge in [-0.25, -0.2) is 4.68 Å². The van der Waals surface area contributed by atoms with Crippen LogP contribution in [0.15, 0.2) is 29.2 Å². The highest BCUT2D eigenvalue weighted by atomic mass is 32.2. The summed E-state index contributed by atoms with van der Waals surface area (Å²) in [5.41, 5.74) is 0.982. The molecule has 0 N–H and O–H groups in total. The Kier molecular flexibility index (Phi) is 4.15. The predicted molar refractivity (Wildman–Crippen MR) is 86.0 cm³/mol. The van der Waals surface area contributed by atoms with Crippen LogP contribution in [0.2, 0.25) is 0 Å². The van der Waals surface area contributed by atoms with Crippen molar-refractivity contribution in [2.75, 3.05) is 10.7 Å². The van der Waals surface area contributed by atoms with Gasteiger partial charge >= 0.3 is 0 Å². The lowest BCUT2D eigenvalue weighted by Crippen LogP contribution is -2.44. The van der Waals surface area contributed by atoms with Crippen molar-refractivity contribution < 1.29 is 4.79 Å². The number of benzene rings is 1. The molecular formula is C15H19N5OS. The van der Waals surface area contributed by atoms with E-state index in [1.54, 1.807) is 16.4 Å². The largest absolute Gasteiger partial charge is 0.306 e. The summed E-state index contributed by atoms with van der Waals surface area (Å²) >= 11 is 1.79. The fourth-order valence-electron chi connectivity index (χ4n) is 2.62. The molecule has 3 rings (SSSR count). The molecule has 0 saturated carbocycles. The van der Waals surface area contributed by atoms with Crippen molar-refractivity contribution in [2.24, 2.45) is 0 Å². The summed E-state index contributed by atoms with van der Waals surface area (Å²) < 4.78 is 1.60. The van der Waals surface area contributed by atoms with Gasteiger partial charge in [-0.3, -0.25) is 4.79 Å². The molecule has 1 aromatic heterocycles. The van der Waals surface area contributed by atoms with Crippen LogP contribution in [-0.2, 0) is 11.3 Å². The lowest BCUT2D eigenvalue weighted by molar-refractivity contribution is -0.119. The van der Waals surface area contributed by atoms with Gasteiger partial charge in [-0.15, -0.1) is 16.9 Å². The van der Waals surface area contributed by atoms with Crippen LogP contribution >= 0.6 is 11.8 Å². The normalized spacial score (nSPS) is 17.6.